The number of para-hydroxylation sites is 1. The molecule has 0 aliphatic carbocycles. The molecule has 2 N–H and O–H groups in total. The fraction of sp³-hybridized carbons (Fsp3) is 0. The monoisotopic (exact) mass is 270 g/mol. The van der Waals surface area contributed by atoms with E-state index in [0.29, 0.717) is 10.7 Å². The highest BCUT2D eigenvalue weighted by molar-refractivity contribution is 6.30. The van der Waals surface area contributed by atoms with Gasteiger partial charge in [0.15, 0.2) is 0 Å². The number of fused-ring (bicyclic) bond motifs is 1. The molecule has 0 spiro atoms. The van der Waals surface area contributed by atoms with Crippen LogP contribution < -0.4 is 10.5 Å². The van der Waals surface area contributed by atoms with Crippen LogP contribution >= 0.6 is 11.6 Å². The zero-order chi connectivity index (χ0) is 13.2. The Kier molecular flexibility index (Phi) is 2.97. The Labute approximate surface area is 115 Å². The maximum Gasteiger partial charge on any atom is 0.138 e. The standard InChI is InChI=1S/C15H11ClN2O/c16-10-4-6-11(7-5-10)19-14-8-9-18-15-12(14)2-1-3-13(15)17/h1-9H,17H2. The first-order chi connectivity index (χ1) is 9.24. The van der Waals surface area contributed by atoms with Crippen molar-refractivity contribution in [2.75, 3.05) is 5.73 Å². The third-order valence-electron chi connectivity index (χ3n) is 2.80. The summed E-state index contributed by atoms with van der Waals surface area (Å²) in [5, 5.41) is 1.56. The first kappa shape index (κ1) is 11.8. The number of rotatable bonds is 2. The first-order valence-corrected chi connectivity index (χ1v) is 6.18. The lowest BCUT2D eigenvalue weighted by atomic mass is 10.2. The van der Waals surface area contributed by atoms with E-state index >= 15 is 0 Å². The molecule has 3 nitrogen and oxygen atoms in total. The summed E-state index contributed by atoms with van der Waals surface area (Å²) >= 11 is 5.85. The molecule has 1 aromatic heterocycles. The molecule has 0 saturated heterocycles. The average Bonchev–Trinajstić information content (AvgIpc) is 2.43. The SMILES string of the molecule is Nc1cccc2c(Oc3ccc(Cl)cc3)ccnc12. The van der Waals surface area contributed by atoms with Gasteiger partial charge in [-0.3, -0.25) is 4.98 Å². The van der Waals surface area contributed by atoms with Gasteiger partial charge >= 0.3 is 0 Å². The Bertz CT molecular complexity index is 726. The van der Waals surface area contributed by atoms with E-state index in [0.717, 1.165) is 22.4 Å². The molecule has 1 heterocycles. The van der Waals surface area contributed by atoms with Crippen LogP contribution in [0.25, 0.3) is 10.9 Å². The van der Waals surface area contributed by atoms with Crippen LogP contribution in [0.15, 0.2) is 54.7 Å². The van der Waals surface area contributed by atoms with E-state index in [2.05, 4.69) is 4.98 Å². The van der Waals surface area contributed by atoms with E-state index in [-0.39, 0.29) is 0 Å². The van der Waals surface area contributed by atoms with Crippen LogP contribution in [0.5, 0.6) is 11.5 Å². The van der Waals surface area contributed by atoms with Gasteiger partial charge in [0.05, 0.1) is 11.2 Å². The molecule has 0 radical (unpaired) electrons. The molecular weight excluding hydrogens is 260 g/mol. The number of halogens is 1. The molecule has 0 amide bonds. The quantitative estimate of drug-likeness (QED) is 0.708. The second-order valence-electron chi connectivity index (χ2n) is 4.11. The lowest BCUT2D eigenvalue weighted by Gasteiger charge is -2.09. The molecule has 94 valence electrons. The van der Waals surface area contributed by atoms with Gasteiger partial charge in [0.2, 0.25) is 0 Å². The summed E-state index contributed by atoms with van der Waals surface area (Å²) < 4.78 is 5.85. The van der Waals surface area contributed by atoms with E-state index in [1.54, 1.807) is 18.3 Å². The van der Waals surface area contributed by atoms with Crippen LogP contribution in [0.3, 0.4) is 0 Å². The van der Waals surface area contributed by atoms with Gasteiger partial charge < -0.3 is 10.5 Å². The highest BCUT2D eigenvalue weighted by Gasteiger charge is 2.06. The van der Waals surface area contributed by atoms with Crippen molar-refractivity contribution < 1.29 is 4.74 Å². The maximum absolute atomic E-state index is 5.90. The number of ether oxygens (including phenoxy) is 1. The molecule has 0 atom stereocenters. The smallest absolute Gasteiger partial charge is 0.138 e. The molecule has 2 aromatic carbocycles. The number of nitrogens with zero attached hydrogens (tertiary/aromatic N) is 1. The van der Waals surface area contributed by atoms with Crippen molar-refractivity contribution in [3.8, 4) is 11.5 Å². The van der Waals surface area contributed by atoms with Crippen LogP contribution in [0.4, 0.5) is 5.69 Å². The number of nitrogens with two attached hydrogens (primary N) is 1. The van der Waals surface area contributed by atoms with Crippen molar-refractivity contribution in [2.45, 2.75) is 0 Å². The minimum atomic E-state index is 0.638. The number of nitrogen functional groups attached to an aromatic ring is 1. The van der Waals surface area contributed by atoms with Crippen molar-refractivity contribution in [3.63, 3.8) is 0 Å². The fourth-order valence-electron chi connectivity index (χ4n) is 1.89. The molecule has 4 heteroatoms. The number of benzene rings is 2. The minimum absolute atomic E-state index is 0.638. The third kappa shape index (κ3) is 2.33. The summed E-state index contributed by atoms with van der Waals surface area (Å²) in [6.45, 7) is 0. The van der Waals surface area contributed by atoms with Gasteiger partial charge in [-0.25, -0.2) is 0 Å². The van der Waals surface area contributed by atoms with E-state index in [9.17, 15) is 0 Å². The van der Waals surface area contributed by atoms with Gasteiger partial charge in [-0.15, -0.1) is 0 Å². The van der Waals surface area contributed by atoms with Gasteiger partial charge in [0.1, 0.15) is 11.5 Å². The minimum Gasteiger partial charge on any atom is -0.457 e. The van der Waals surface area contributed by atoms with Gasteiger partial charge in [-0.2, -0.15) is 0 Å². The van der Waals surface area contributed by atoms with Gasteiger partial charge in [-0.1, -0.05) is 17.7 Å². The predicted molar refractivity (Wildman–Crippen MR) is 77.7 cm³/mol. The second kappa shape index (κ2) is 4.78. The van der Waals surface area contributed by atoms with Gasteiger partial charge in [0, 0.05) is 16.6 Å². The molecule has 0 fully saturated rings. The molecule has 19 heavy (non-hydrogen) atoms. The van der Waals surface area contributed by atoms with Crippen molar-refractivity contribution in [3.05, 3.63) is 59.8 Å². The molecule has 0 aliphatic rings. The number of pyridine rings is 1. The van der Waals surface area contributed by atoms with Crippen molar-refractivity contribution in [1.29, 1.82) is 0 Å². The Morgan fingerprint density at radius 3 is 2.58 bits per heavy atom. The Hall–Kier alpha value is -2.26. The van der Waals surface area contributed by atoms with Crippen LogP contribution in [0.2, 0.25) is 5.02 Å². The molecule has 3 rings (SSSR count). The highest BCUT2D eigenvalue weighted by Crippen LogP contribution is 2.31. The zero-order valence-corrected chi connectivity index (χ0v) is 10.8. The predicted octanol–water partition coefficient (Wildman–Crippen LogP) is 4.26. The lowest BCUT2D eigenvalue weighted by Crippen LogP contribution is -1.91. The lowest BCUT2D eigenvalue weighted by molar-refractivity contribution is 0.488. The molecule has 0 aliphatic heterocycles. The van der Waals surface area contributed by atoms with Crippen molar-refractivity contribution in [1.82, 2.24) is 4.98 Å². The van der Waals surface area contributed by atoms with E-state index in [1.165, 1.54) is 0 Å². The summed E-state index contributed by atoms with van der Waals surface area (Å²) in [6.07, 6.45) is 1.68. The van der Waals surface area contributed by atoms with Crippen LogP contribution in [0, 0.1) is 0 Å². The van der Waals surface area contributed by atoms with Gasteiger partial charge in [-0.05, 0) is 42.5 Å². The summed E-state index contributed by atoms with van der Waals surface area (Å²) in [4.78, 5) is 4.27. The maximum atomic E-state index is 5.90. The van der Waals surface area contributed by atoms with Crippen LogP contribution in [-0.4, -0.2) is 4.98 Å². The third-order valence-corrected chi connectivity index (χ3v) is 3.06. The summed E-state index contributed by atoms with van der Waals surface area (Å²) in [7, 11) is 0. The number of hydrogen-bond donors (Lipinski definition) is 1. The fourth-order valence-corrected chi connectivity index (χ4v) is 2.02. The Balaban J connectivity index is 2.06. The average molecular weight is 271 g/mol. The highest BCUT2D eigenvalue weighted by atomic mass is 35.5. The van der Waals surface area contributed by atoms with E-state index in [1.807, 2.05) is 36.4 Å². The Morgan fingerprint density at radius 2 is 1.79 bits per heavy atom. The normalized spacial score (nSPS) is 10.6. The van der Waals surface area contributed by atoms with Crippen molar-refractivity contribution in [2.24, 2.45) is 0 Å². The molecular formula is C15H11ClN2O. The molecule has 3 aromatic rings. The van der Waals surface area contributed by atoms with Crippen molar-refractivity contribution >= 4 is 28.2 Å². The molecule has 0 saturated carbocycles. The Morgan fingerprint density at radius 1 is 1.00 bits per heavy atom. The van der Waals surface area contributed by atoms with E-state index < -0.39 is 0 Å². The largest absolute Gasteiger partial charge is 0.457 e. The summed E-state index contributed by atoms with van der Waals surface area (Å²) in [5.41, 5.74) is 7.29. The summed E-state index contributed by atoms with van der Waals surface area (Å²) in [5.74, 6) is 1.44. The van der Waals surface area contributed by atoms with E-state index in [4.69, 9.17) is 22.1 Å². The number of aromatic nitrogens is 1. The molecule has 0 unspecified atom stereocenters. The van der Waals surface area contributed by atoms with Crippen LogP contribution in [0.1, 0.15) is 0 Å². The molecule has 0 bridgehead atoms. The second-order valence-corrected chi connectivity index (χ2v) is 4.54. The zero-order valence-electron chi connectivity index (χ0n) is 10.0. The summed E-state index contributed by atoms with van der Waals surface area (Å²) in [6, 6.07) is 14.7. The topological polar surface area (TPSA) is 48.1 Å². The number of anilines is 1. The number of hydrogen-bond acceptors (Lipinski definition) is 3. The van der Waals surface area contributed by atoms with Crippen LogP contribution in [-0.2, 0) is 0 Å². The first-order valence-electron chi connectivity index (χ1n) is 5.81. The van der Waals surface area contributed by atoms with Gasteiger partial charge in [0.25, 0.3) is 0 Å².